The highest BCUT2D eigenvalue weighted by Gasteiger charge is 2.15. The molecule has 0 saturated carbocycles. The fourth-order valence-electron chi connectivity index (χ4n) is 2.51. The van der Waals surface area contributed by atoms with E-state index in [9.17, 15) is 0 Å². The Kier molecular flexibility index (Phi) is 5.49. The first-order valence-electron chi connectivity index (χ1n) is 6.48. The number of nitrogens with zero attached hydrogens (tertiary/aromatic N) is 1. The minimum atomic E-state index is 0.784. The van der Waals surface area contributed by atoms with Gasteiger partial charge in [0.1, 0.15) is 0 Å². The smallest absolute Gasteiger partial charge is 0.0417 e. The summed E-state index contributed by atoms with van der Waals surface area (Å²) in [6.07, 6.45) is 2.60. The van der Waals surface area contributed by atoms with Gasteiger partial charge in [0.25, 0.3) is 0 Å². The number of nitrogens with one attached hydrogen (secondary N) is 1. The summed E-state index contributed by atoms with van der Waals surface area (Å²) < 4.78 is 1.10. The summed E-state index contributed by atoms with van der Waals surface area (Å²) in [7, 11) is 2.20. The highest BCUT2D eigenvalue weighted by Crippen LogP contribution is 2.23. The van der Waals surface area contributed by atoms with Crippen LogP contribution in [0.2, 0.25) is 5.02 Å². The van der Waals surface area contributed by atoms with E-state index in [4.69, 9.17) is 11.6 Å². The van der Waals surface area contributed by atoms with E-state index in [0.717, 1.165) is 22.0 Å². The second kappa shape index (κ2) is 6.90. The van der Waals surface area contributed by atoms with E-state index < -0.39 is 0 Å². The quantitative estimate of drug-likeness (QED) is 0.908. The summed E-state index contributed by atoms with van der Waals surface area (Å²) in [5.41, 5.74) is 1.30. The molecule has 1 aliphatic heterocycles. The van der Waals surface area contributed by atoms with Crippen LogP contribution in [0.5, 0.6) is 0 Å². The van der Waals surface area contributed by atoms with Crippen LogP contribution in [0.3, 0.4) is 0 Å². The highest BCUT2D eigenvalue weighted by atomic mass is 79.9. The summed E-state index contributed by atoms with van der Waals surface area (Å²) in [5.74, 6) is 0.835. The third kappa shape index (κ3) is 4.23. The number of piperidine rings is 1. The maximum Gasteiger partial charge on any atom is 0.0417 e. The number of hydrogen-bond acceptors (Lipinski definition) is 2. The first-order valence-corrected chi connectivity index (χ1v) is 7.65. The van der Waals surface area contributed by atoms with E-state index in [1.807, 2.05) is 12.1 Å². The predicted octanol–water partition coefficient (Wildman–Crippen LogP) is 3.53. The molecule has 100 valence electrons. The summed E-state index contributed by atoms with van der Waals surface area (Å²) >= 11 is 9.54. The topological polar surface area (TPSA) is 15.3 Å². The van der Waals surface area contributed by atoms with E-state index in [1.54, 1.807) is 0 Å². The SMILES string of the molecule is CN(Cc1ccc(Cl)cc1Br)CC1CCNCC1. The van der Waals surface area contributed by atoms with Crippen molar-refractivity contribution in [2.24, 2.45) is 5.92 Å². The van der Waals surface area contributed by atoms with Gasteiger partial charge in [-0.05, 0) is 56.6 Å². The highest BCUT2D eigenvalue weighted by molar-refractivity contribution is 9.10. The molecule has 0 aromatic heterocycles. The van der Waals surface area contributed by atoms with Gasteiger partial charge < -0.3 is 10.2 Å². The molecule has 1 aromatic rings. The second-order valence-corrected chi connectivity index (χ2v) is 6.42. The molecule has 1 saturated heterocycles. The minimum Gasteiger partial charge on any atom is -0.317 e. The molecule has 0 spiro atoms. The first kappa shape index (κ1) is 14.3. The van der Waals surface area contributed by atoms with Crippen LogP contribution in [0.25, 0.3) is 0 Å². The third-order valence-corrected chi connectivity index (χ3v) is 4.46. The van der Waals surface area contributed by atoms with Crippen molar-refractivity contribution in [2.75, 3.05) is 26.7 Å². The van der Waals surface area contributed by atoms with E-state index >= 15 is 0 Å². The van der Waals surface area contributed by atoms with Crippen molar-refractivity contribution in [3.8, 4) is 0 Å². The van der Waals surface area contributed by atoms with Gasteiger partial charge in [0.05, 0.1) is 0 Å². The Morgan fingerprint density at radius 1 is 1.39 bits per heavy atom. The van der Waals surface area contributed by atoms with Crippen molar-refractivity contribution in [2.45, 2.75) is 19.4 Å². The van der Waals surface area contributed by atoms with Crippen LogP contribution >= 0.6 is 27.5 Å². The lowest BCUT2D eigenvalue weighted by Gasteiger charge is -2.27. The van der Waals surface area contributed by atoms with Crippen LogP contribution < -0.4 is 5.32 Å². The maximum absolute atomic E-state index is 5.96. The van der Waals surface area contributed by atoms with Gasteiger partial charge in [-0.1, -0.05) is 33.6 Å². The largest absolute Gasteiger partial charge is 0.317 e. The molecule has 4 heteroatoms. The summed E-state index contributed by atoms with van der Waals surface area (Å²) in [4.78, 5) is 2.41. The van der Waals surface area contributed by atoms with Crippen molar-refractivity contribution < 1.29 is 0 Å². The first-order chi connectivity index (χ1) is 8.65. The molecule has 0 radical (unpaired) electrons. The van der Waals surface area contributed by atoms with Crippen molar-refractivity contribution in [3.63, 3.8) is 0 Å². The normalized spacial score (nSPS) is 17.3. The van der Waals surface area contributed by atoms with Gasteiger partial charge in [-0.15, -0.1) is 0 Å². The van der Waals surface area contributed by atoms with Crippen molar-refractivity contribution >= 4 is 27.5 Å². The lowest BCUT2D eigenvalue weighted by atomic mass is 9.97. The Bertz CT molecular complexity index is 391. The Morgan fingerprint density at radius 3 is 2.78 bits per heavy atom. The van der Waals surface area contributed by atoms with Crippen molar-refractivity contribution in [1.29, 1.82) is 0 Å². The zero-order chi connectivity index (χ0) is 13.0. The number of benzene rings is 1. The van der Waals surface area contributed by atoms with Crippen LogP contribution in [0.15, 0.2) is 22.7 Å². The van der Waals surface area contributed by atoms with Crippen LogP contribution in [0, 0.1) is 5.92 Å². The molecular weight excluding hydrogens is 312 g/mol. The Balaban J connectivity index is 1.87. The minimum absolute atomic E-state index is 0.784. The average Bonchev–Trinajstić information content (AvgIpc) is 2.34. The summed E-state index contributed by atoms with van der Waals surface area (Å²) in [5, 5.41) is 4.20. The molecule has 0 bridgehead atoms. The van der Waals surface area contributed by atoms with Gasteiger partial charge in [0.2, 0.25) is 0 Å². The Labute approximate surface area is 123 Å². The molecule has 2 nitrogen and oxygen atoms in total. The van der Waals surface area contributed by atoms with Gasteiger partial charge >= 0.3 is 0 Å². The van der Waals surface area contributed by atoms with E-state index in [-0.39, 0.29) is 0 Å². The van der Waals surface area contributed by atoms with Crippen LogP contribution in [0.4, 0.5) is 0 Å². The molecular formula is C14H20BrClN2. The van der Waals surface area contributed by atoms with Gasteiger partial charge in [-0.2, -0.15) is 0 Å². The lowest BCUT2D eigenvalue weighted by Crippen LogP contribution is -2.34. The van der Waals surface area contributed by atoms with E-state index in [1.165, 1.54) is 38.0 Å². The molecule has 1 fully saturated rings. The summed E-state index contributed by atoms with van der Waals surface area (Å²) in [6, 6.07) is 6.03. The lowest BCUT2D eigenvalue weighted by molar-refractivity contribution is 0.234. The van der Waals surface area contributed by atoms with Crippen molar-refractivity contribution in [1.82, 2.24) is 10.2 Å². The zero-order valence-electron chi connectivity index (χ0n) is 10.8. The number of halogens is 2. The molecule has 0 aliphatic carbocycles. The Morgan fingerprint density at radius 2 is 2.11 bits per heavy atom. The fourth-order valence-corrected chi connectivity index (χ4v) is 3.32. The molecule has 0 unspecified atom stereocenters. The molecule has 2 rings (SSSR count). The third-order valence-electron chi connectivity index (χ3n) is 3.48. The molecule has 1 heterocycles. The predicted molar refractivity (Wildman–Crippen MR) is 81.1 cm³/mol. The average molecular weight is 332 g/mol. The van der Waals surface area contributed by atoms with Crippen LogP contribution in [-0.4, -0.2) is 31.6 Å². The van der Waals surface area contributed by atoms with E-state index in [2.05, 4.69) is 39.3 Å². The monoisotopic (exact) mass is 330 g/mol. The summed E-state index contributed by atoms with van der Waals surface area (Å²) in [6.45, 7) is 4.49. The molecule has 0 atom stereocenters. The van der Waals surface area contributed by atoms with Gasteiger partial charge in [-0.3, -0.25) is 0 Å². The van der Waals surface area contributed by atoms with Crippen LogP contribution in [-0.2, 0) is 6.54 Å². The maximum atomic E-state index is 5.96. The molecule has 1 N–H and O–H groups in total. The fraction of sp³-hybridized carbons (Fsp3) is 0.571. The number of hydrogen-bond donors (Lipinski definition) is 1. The van der Waals surface area contributed by atoms with Crippen molar-refractivity contribution in [3.05, 3.63) is 33.3 Å². The Hall–Kier alpha value is -0.0900. The molecule has 1 aliphatic rings. The van der Waals surface area contributed by atoms with Crippen LogP contribution in [0.1, 0.15) is 18.4 Å². The zero-order valence-corrected chi connectivity index (χ0v) is 13.1. The molecule has 0 amide bonds. The van der Waals surface area contributed by atoms with Gasteiger partial charge in [0.15, 0.2) is 0 Å². The second-order valence-electron chi connectivity index (χ2n) is 5.13. The molecule has 18 heavy (non-hydrogen) atoms. The standard InChI is InChI=1S/C14H20BrClN2/c1-18(9-11-4-6-17-7-5-11)10-12-2-3-13(16)8-14(12)15/h2-3,8,11,17H,4-7,9-10H2,1H3. The van der Waals surface area contributed by atoms with Gasteiger partial charge in [0, 0.05) is 22.6 Å². The van der Waals surface area contributed by atoms with E-state index in [0.29, 0.717) is 0 Å². The molecule has 1 aromatic carbocycles. The van der Waals surface area contributed by atoms with Gasteiger partial charge in [-0.25, -0.2) is 0 Å². The number of rotatable bonds is 4.